The fourth-order valence-corrected chi connectivity index (χ4v) is 7.33. The van der Waals surface area contributed by atoms with Crippen molar-refractivity contribution >= 4 is 17.4 Å². The Morgan fingerprint density at radius 3 is 2.66 bits per heavy atom. The van der Waals surface area contributed by atoms with E-state index in [-0.39, 0.29) is 0 Å². The highest BCUT2D eigenvalue weighted by molar-refractivity contribution is 6.01. The predicted molar refractivity (Wildman–Crippen MR) is 127 cm³/mol. The van der Waals surface area contributed by atoms with E-state index < -0.39 is 6.09 Å². The van der Waals surface area contributed by atoms with Crippen molar-refractivity contribution in [2.24, 2.45) is 34.7 Å². The molecule has 4 aliphatic carbocycles. The Hall–Kier alpha value is -2.43. The Bertz CT molecular complexity index is 991. The third kappa shape index (κ3) is 3.60. The SMILES string of the molecule is CC1=C(c2cccnc2)C2CCC3C4CCC(=NOC(=O)N(C)C)C(C)=C4CCC3C2C1. The van der Waals surface area contributed by atoms with Crippen molar-refractivity contribution in [2.45, 2.75) is 58.8 Å². The molecular weight excluding hydrogens is 398 g/mol. The summed E-state index contributed by atoms with van der Waals surface area (Å²) in [4.78, 5) is 22.8. The average Bonchev–Trinajstić information content (AvgIpc) is 3.14. The number of allylic oxidation sites excluding steroid dienone is 4. The first-order valence-corrected chi connectivity index (χ1v) is 12.2. The van der Waals surface area contributed by atoms with E-state index in [0.29, 0.717) is 11.8 Å². The molecule has 0 aromatic carbocycles. The van der Waals surface area contributed by atoms with Crippen molar-refractivity contribution in [3.63, 3.8) is 0 Å². The Morgan fingerprint density at radius 1 is 1.06 bits per heavy atom. The van der Waals surface area contributed by atoms with E-state index >= 15 is 0 Å². The first-order chi connectivity index (χ1) is 15.5. The molecular formula is C27H35N3O2. The largest absolute Gasteiger partial charge is 0.435 e. The van der Waals surface area contributed by atoms with Crippen LogP contribution in [0.15, 0.2) is 46.4 Å². The summed E-state index contributed by atoms with van der Waals surface area (Å²) in [6, 6.07) is 4.32. The second-order valence-electron chi connectivity index (χ2n) is 10.4. The molecule has 1 aromatic heterocycles. The maximum absolute atomic E-state index is 11.8. The van der Waals surface area contributed by atoms with Crippen LogP contribution in [-0.2, 0) is 4.84 Å². The summed E-state index contributed by atoms with van der Waals surface area (Å²) < 4.78 is 0. The number of carbonyl (C=O) groups excluding carboxylic acids is 1. The first kappa shape index (κ1) is 21.4. The second-order valence-corrected chi connectivity index (χ2v) is 10.4. The molecule has 2 fully saturated rings. The minimum Gasteiger partial charge on any atom is -0.312 e. The molecule has 5 atom stereocenters. The monoisotopic (exact) mass is 433 g/mol. The standard InChI is InChI=1S/C27H35N3O2/c1-16-14-24-22-8-7-19-17(2)25(29-32-27(31)30(3)4)12-11-20(19)21(22)9-10-23(24)26(16)18-6-5-13-28-15-18/h5-6,13,15,20-24H,7-12,14H2,1-4H3. The molecule has 5 heteroatoms. The van der Waals surface area contributed by atoms with Crippen LogP contribution in [0.5, 0.6) is 0 Å². The lowest BCUT2D eigenvalue weighted by molar-refractivity contribution is 0.0607. The molecule has 1 amide bonds. The van der Waals surface area contributed by atoms with E-state index in [9.17, 15) is 4.79 Å². The maximum atomic E-state index is 11.8. The van der Waals surface area contributed by atoms with E-state index in [1.807, 2.05) is 6.20 Å². The number of rotatable bonds is 2. The highest BCUT2D eigenvalue weighted by Gasteiger charge is 2.49. The van der Waals surface area contributed by atoms with Gasteiger partial charge in [0, 0.05) is 26.5 Å². The molecule has 5 rings (SSSR count). The van der Waals surface area contributed by atoms with Gasteiger partial charge in [0.15, 0.2) is 0 Å². The highest BCUT2D eigenvalue weighted by atomic mass is 16.7. The number of hydrogen-bond acceptors (Lipinski definition) is 4. The molecule has 0 N–H and O–H groups in total. The third-order valence-electron chi connectivity index (χ3n) is 8.69. The number of amides is 1. The van der Waals surface area contributed by atoms with Gasteiger partial charge in [-0.15, -0.1) is 0 Å². The lowest BCUT2D eigenvalue weighted by atomic mass is 9.54. The summed E-state index contributed by atoms with van der Waals surface area (Å²) in [6.07, 6.45) is 11.9. The van der Waals surface area contributed by atoms with E-state index in [2.05, 4.69) is 42.3 Å². The molecule has 0 radical (unpaired) electrons. The second kappa shape index (κ2) is 8.49. The topological polar surface area (TPSA) is 54.8 Å². The number of hydrogen-bond donors (Lipinski definition) is 0. The van der Waals surface area contributed by atoms with Gasteiger partial charge in [0.25, 0.3) is 0 Å². The van der Waals surface area contributed by atoms with E-state index in [1.165, 1.54) is 48.1 Å². The van der Waals surface area contributed by atoms with Crippen molar-refractivity contribution in [3.05, 3.63) is 46.8 Å². The van der Waals surface area contributed by atoms with Gasteiger partial charge in [-0.1, -0.05) is 22.4 Å². The summed E-state index contributed by atoms with van der Waals surface area (Å²) in [5.41, 5.74) is 8.37. The Morgan fingerprint density at radius 2 is 1.91 bits per heavy atom. The molecule has 1 aromatic rings. The van der Waals surface area contributed by atoms with Gasteiger partial charge in [0.05, 0.1) is 5.71 Å². The van der Waals surface area contributed by atoms with Crippen LogP contribution in [0.1, 0.15) is 64.4 Å². The zero-order valence-electron chi connectivity index (χ0n) is 19.8. The molecule has 5 unspecified atom stereocenters. The highest BCUT2D eigenvalue weighted by Crippen LogP contribution is 2.60. The number of carbonyl (C=O) groups is 1. The molecule has 170 valence electrons. The molecule has 2 saturated carbocycles. The Balaban J connectivity index is 1.35. The van der Waals surface area contributed by atoms with Crippen molar-refractivity contribution in [1.82, 2.24) is 9.88 Å². The van der Waals surface area contributed by atoms with Gasteiger partial charge >= 0.3 is 6.09 Å². The molecule has 0 bridgehead atoms. The van der Waals surface area contributed by atoms with Crippen LogP contribution in [0.25, 0.3) is 5.57 Å². The van der Waals surface area contributed by atoms with Crippen molar-refractivity contribution in [3.8, 4) is 0 Å². The molecule has 0 spiro atoms. The lowest BCUT2D eigenvalue weighted by Gasteiger charge is -2.50. The zero-order chi connectivity index (χ0) is 22.4. The molecule has 5 nitrogen and oxygen atoms in total. The number of pyridine rings is 1. The average molecular weight is 434 g/mol. The van der Waals surface area contributed by atoms with Crippen LogP contribution in [0, 0.1) is 29.6 Å². The number of aromatic nitrogens is 1. The van der Waals surface area contributed by atoms with Crippen LogP contribution >= 0.6 is 0 Å². The molecule has 1 heterocycles. The first-order valence-electron chi connectivity index (χ1n) is 12.2. The van der Waals surface area contributed by atoms with E-state index in [0.717, 1.165) is 36.3 Å². The van der Waals surface area contributed by atoms with E-state index in [4.69, 9.17) is 4.84 Å². The third-order valence-corrected chi connectivity index (χ3v) is 8.69. The summed E-state index contributed by atoms with van der Waals surface area (Å²) in [6.45, 7) is 4.55. The predicted octanol–water partition coefficient (Wildman–Crippen LogP) is 6.09. The summed E-state index contributed by atoms with van der Waals surface area (Å²) >= 11 is 0. The number of nitrogens with zero attached hydrogens (tertiary/aromatic N) is 3. The fraction of sp³-hybridized carbons (Fsp3) is 0.593. The van der Waals surface area contributed by atoms with Gasteiger partial charge in [-0.05, 0) is 111 Å². The molecule has 32 heavy (non-hydrogen) atoms. The van der Waals surface area contributed by atoms with Crippen molar-refractivity contribution in [1.29, 1.82) is 0 Å². The van der Waals surface area contributed by atoms with Gasteiger partial charge in [0.1, 0.15) is 0 Å². The quantitative estimate of drug-likeness (QED) is 0.419. The van der Waals surface area contributed by atoms with Crippen LogP contribution in [0.3, 0.4) is 0 Å². The maximum Gasteiger partial charge on any atom is 0.435 e. The summed E-state index contributed by atoms with van der Waals surface area (Å²) in [7, 11) is 3.36. The molecule has 0 saturated heterocycles. The number of fused-ring (bicyclic) bond motifs is 5. The van der Waals surface area contributed by atoms with Gasteiger partial charge in [0.2, 0.25) is 0 Å². The minimum absolute atomic E-state index is 0.409. The zero-order valence-corrected chi connectivity index (χ0v) is 19.8. The smallest absolute Gasteiger partial charge is 0.312 e. The van der Waals surface area contributed by atoms with Crippen LogP contribution in [-0.4, -0.2) is 35.8 Å². The van der Waals surface area contributed by atoms with Crippen molar-refractivity contribution in [2.75, 3.05) is 14.1 Å². The lowest BCUT2D eigenvalue weighted by Crippen LogP contribution is -2.42. The molecule has 4 aliphatic rings. The van der Waals surface area contributed by atoms with Crippen LogP contribution in [0.2, 0.25) is 0 Å². The fourth-order valence-electron chi connectivity index (χ4n) is 7.33. The van der Waals surface area contributed by atoms with E-state index in [1.54, 1.807) is 30.8 Å². The minimum atomic E-state index is -0.409. The normalized spacial score (nSPS) is 33.0. The van der Waals surface area contributed by atoms with Gasteiger partial charge in [-0.3, -0.25) is 9.82 Å². The van der Waals surface area contributed by atoms with Crippen LogP contribution in [0.4, 0.5) is 4.79 Å². The van der Waals surface area contributed by atoms with Gasteiger partial charge in [-0.25, -0.2) is 4.79 Å². The Labute approximate surface area is 191 Å². The number of oxime groups is 1. The van der Waals surface area contributed by atoms with Crippen LogP contribution < -0.4 is 0 Å². The van der Waals surface area contributed by atoms with Crippen molar-refractivity contribution < 1.29 is 9.63 Å². The summed E-state index contributed by atoms with van der Waals surface area (Å²) in [5, 5.41) is 4.24. The van der Waals surface area contributed by atoms with Gasteiger partial charge < -0.3 is 4.90 Å². The summed E-state index contributed by atoms with van der Waals surface area (Å²) in [5.74, 6) is 3.80. The van der Waals surface area contributed by atoms with Gasteiger partial charge in [-0.2, -0.15) is 0 Å². The Kier molecular flexibility index (Phi) is 5.68. The molecule has 0 aliphatic heterocycles.